The number of piperidine rings is 2. The van der Waals surface area contributed by atoms with Crippen LogP contribution in [0.1, 0.15) is 49.3 Å². The molecular weight excluding hydrogens is 493 g/mol. The molecule has 3 fully saturated rings. The van der Waals surface area contributed by atoms with Gasteiger partial charge in [0.05, 0.1) is 23.1 Å². The first kappa shape index (κ1) is 25.4. The number of likely N-dealkylation sites (tertiary alicyclic amines) is 2. The molecule has 3 aliphatic rings. The predicted molar refractivity (Wildman–Crippen MR) is 137 cm³/mol. The lowest BCUT2D eigenvalue weighted by molar-refractivity contribution is -0.137. The van der Waals surface area contributed by atoms with Gasteiger partial charge >= 0.3 is 6.18 Å². The molecule has 2 aliphatic heterocycles. The number of aryl methyl sites for hydroxylation is 1. The summed E-state index contributed by atoms with van der Waals surface area (Å²) >= 11 is 0. The number of halogens is 3. The Kier molecular flexibility index (Phi) is 6.70. The number of hydrogen-bond donors (Lipinski definition) is 0. The van der Waals surface area contributed by atoms with Gasteiger partial charge in [-0.2, -0.15) is 18.3 Å². The number of carbonyl (C=O) groups excluding carboxylic acids is 1. The van der Waals surface area contributed by atoms with Crippen LogP contribution in [0.4, 0.5) is 13.2 Å². The van der Waals surface area contributed by atoms with Crippen molar-refractivity contribution in [2.45, 2.75) is 50.7 Å². The summed E-state index contributed by atoms with van der Waals surface area (Å²) in [5.74, 6) is 1.65. The zero-order valence-electron chi connectivity index (χ0n) is 21.8. The maximum Gasteiger partial charge on any atom is 0.416 e. The van der Waals surface area contributed by atoms with Gasteiger partial charge in [0.15, 0.2) is 0 Å². The molecule has 4 heterocycles. The van der Waals surface area contributed by atoms with Crippen LogP contribution < -0.4 is 0 Å². The summed E-state index contributed by atoms with van der Waals surface area (Å²) in [5.41, 5.74) is 0.799. The number of aromatic nitrogens is 4. The number of rotatable bonds is 6. The first-order chi connectivity index (χ1) is 18.3. The SMILES string of the molecule is Cn1nc(C2CCN(C[C@@H]3C[C@H]3C(=O)N3CCC[C@@H](Cn4ccnc4)C3)CC2)c2ccc(C(F)(F)F)cc21. The number of amides is 1. The quantitative estimate of drug-likeness (QED) is 0.471. The van der Waals surface area contributed by atoms with E-state index in [1.807, 2.05) is 12.5 Å². The Morgan fingerprint density at radius 3 is 2.66 bits per heavy atom. The van der Waals surface area contributed by atoms with Gasteiger partial charge in [0.2, 0.25) is 5.91 Å². The first-order valence-corrected chi connectivity index (χ1v) is 13.8. The highest BCUT2D eigenvalue weighted by Crippen LogP contribution is 2.42. The van der Waals surface area contributed by atoms with Crippen LogP contribution in [0.5, 0.6) is 0 Å². The van der Waals surface area contributed by atoms with Gasteiger partial charge in [-0.25, -0.2) is 4.98 Å². The van der Waals surface area contributed by atoms with E-state index >= 15 is 0 Å². The van der Waals surface area contributed by atoms with E-state index < -0.39 is 11.7 Å². The summed E-state index contributed by atoms with van der Waals surface area (Å²) in [4.78, 5) is 21.9. The van der Waals surface area contributed by atoms with Crippen LogP contribution >= 0.6 is 0 Å². The van der Waals surface area contributed by atoms with Crippen LogP contribution in [0.15, 0.2) is 36.9 Å². The van der Waals surface area contributed by atoms with Gasteiger partial charge in [-0.3, -0.25) is 9.48 Å². The number of fused-ring (bicyclic) bond motifs is 1. The van der Waals surface area contributed by atoms with Gasteiger partial charge in [-0.1, -0.05) is 6.07 Å². The van der Waals surface area contributed by atoms with E-state index in [0.717, 1.165) is 88.5 Å². The number of hydrogen-bond acceptors (Lipinski definition) is 4. The smallest absolute Gasteiger partial charge is 0.342 e. The van der Waals surface area contributed by atoms with E-state index in [-0.39, 0.29) is 11.8 Å². The van der Waals surface area contributed by atoms with Gasteiger partial charge in [-0.15, -0.1) is 0 Å². The molecule has 3 aromatic rings. The molecule has 0 spiro atoms. The van der Waals surface area contributed by atoms with Crippen molar-refractivity contribution in [2.24, 2.45) is 24.8 Å². The lowest BCUT2D eigenvalue weighted by Crippen LogP contribution is -2.42. The molecule has 2 saturated heterocycles. The molecule has 0 unspecified atom stereocenters. The van der Waals surface area contributed by atoms with Crippen LogP contribution in [-0.4, -0.2) is 67.8 Å². The van der Waals surface area contributed by atoms with Gasteiger partial charge in [0, 0.05) is 62.8 Å². The zero-order chi connectivity index (χ0) is 26.4. The van der Waals surface area contributed by atoms with Crippen LogP contribution in [0.3, 0.4) is 0 Å². The van der Waals surface area contributed by atoms with Crippen molar-refractivity contribution in [3.63, 3.8) is 0 Å². The summed E-state index contributed by atoms with van der Waals surface area (Å²) in [6, 6.07) is 3.94. The number of benzene rings is 1. The van der Waals surface area contributed by atoms with Crippen molar-refractivity contribution >= 4 is 16.8 Å². The third kappa shape index (κ3) is 5.19. The Labute approximate surface area is 220 Å². The molecule has 1 amide bonds. The number of nitrogens with zero attached hydrogens (tertiary/aromatic N) is 6. The second kappa shape index (κ2) is 10.0. The van der Waals surface area contributed by atoms with E-state index in [0.29, 0.717) is 23.3 Å². The van der Waals surface area contributed by atoms with Gasteiger partial charge in [0.1, 0.15) is 0 Å². The van der Waals surface area contributed by atoms with E-state index in [4.69, 9.17) is 0 Å². The second-order valence-corrected chi connectivity index (χ2v) is 11.5. The Bertz CT molecular complexity index is 1280. The number of imidazole rings is 1. The average Bonchev–Trinajstić information content (AvgIpc) is 3.31. The molecule has 0 radical (unpaired) electrons. The minimum absolute atomic E-state index is 0.155. The largest absolute Gasteiger partial charge is 0.416 e. The highest BCUT2D eigenvalue weighted by molar-refractivity contribution is 5.83. The van der Waals surface area contributed by atoms with E-state index in [1.165, 1.54) is 6.07 Å². The summed E-state index contributed by atoms with van der Waals surface area (Å²) < 4.78 is 43.2. The van der Waals surface area contributed by atoms with Crippen molar-refractivity contribution in [1.29, 1.82) is 0 Å². The van der Waals surface area contributed by atoms with Gasteiger partial charge in [0.25, 0.3) is 0 Å². The maximum atomic E-state index is 13.2. The number of alkyl halides is 3. The molecule has 0 N–H and O–H groups in total. The van der Waals surface area contributed by atoms with Crippen LogP contribution in [0.2, 0.25) is 0 Å². The third-order valence-electron chi connectivity index (χ3n) is 8.77. The molecule has 10 heteroatoms. The summed E-state index contributed by atoms with van der Waals surface area (Å²) in [5, 5.41) is 5.45. The minimum Gasteiger partial charge on any atom is -0.342 e. The molecule has 204 valence electrons. The van der Waals surface area contributed by atoms with Crippen LogP contribution in [0, 0.1) is 17.8 Å². The molecule has 1 aromatic carbocycles. The maximum absolute atomic E-state index is 13.2. The normalized spacial score (nSPS) is 25.3. The van der Waals surface area contributed by atoms with E-state index in [1.54, 1.807) is 24.0 Å². The lowest BCUT2D eigenvalue weighted by atomic mass is 9.91. The summed E-state index contributed by atoms with van der Waals surface area (Å²) in [7, 11) is 1.72. The Hall–Kier alpha value is -2.88. The predicted octanol–water partition coefficient (Wildman–Crippen LogP) is 4.54. The topological polar surface area (TPSA) is 59.2 Å². The zero-order valence-corrected chi connectivity index (χ0v) is 21.8. The minimum atomic E-state index is -4.36. The molecule has 7 nitrogen and oxygen atoms in total. The first-order valence-electron chi connectivity index (χ1n) is 13.8. The Morgan fingerprint density at radius 1 is 1.11 bits per heavy atom. The standard InChI is InChI=1S/C28H35F3N6O/c1-34-25-14-22(28(29,30)31)4-5-23(25)26(33-34)20-6-10-35(11-7-20)17-21-13-24(21)27(38)37-9-2-3-19(16-37)15-36-12-8-32-18-36/h4-5,8,12,14,18-21,24H,2-3,6-7,9-11,13,15-17H2,1H3/t19-,21-,24+/m0/s1. The lowest BCUT2D eigenvalue weighted by Gasteiger charge is -2.34. The number of carbonyl (C=O) groups is 1. The second-order valence-electron chi connectivity index (χ2n) is 11.5. The molecule has 3 atom stereocenters. The highest BCUT2D eigenvalue weighted by Gasteiger charge is 2.46. The molecule has 2 aromatic heterocycles. The Balaban J connectivity index is 1.00. The molecule has 1 aliphatic carbocycles. The van der Waals surface area contributed by atoms with Crippen molar-refractivity contribution in [1.82, 2.24) is 29.1 Å². The molecule has 38 heavy (non-hydrogen) atoms. The fourth-order valence-corrected chi connectivity index (χ4v) is 6.58. The molecule has 6 rings (SSSR count). The van der Waals surface area contributed by atoms with Crippen LogP contribution in [0.25, 0.3) is 10.9 Å². The van der Waals surface area contributed by atoms with E-state index in [9.17, 15) is 18.0 Å². The molecule has 0 bridgehead atoms. The molecular formula is C28H35F3N6O. The van der Waals surface area contributed by atoms with Crippen molar-refractivity contribution in [3.8, 4) is 0 Å². The van der Waals surface area contributed by atoms with E-state index in [2.05, 4.69) is 24.4 Å². The summed E-state index contributed by atoms with van der Waals surface area (Å²) in [6.07, 6.45) is 6.34. The van der Waals surface area contributed by atoms with Crippen molar-refractivity contribution in [3.05, 3.63) is 48.2 Å². The average molecular weight is 529 g/mol. The van der Waals surface area contributed by atoms with Gasteiger partial charge < -0.3 is 14.4 Å². The van der Waals surface area contributed by atoms with Crippen molar-refractivity contribution in [2.75, 3.05) is 32.7 Å². The third-order valence-corrected chi connectivity index (χ3v) is 8.77. The fraction of sp³-hybridized carbons (Fsp3) is 0.607. The van der Waals surface area contributed by atoms with Gasteiger partial charge in [-0.05, 0) is 69.2 Å². The van der Waals surface area contributed by atoms with Crippen LogP contribution in [-0.2, 0) is 24.6 Å². The monoisotopic (exact) mass is 528 g/mol. The summed E-state index contributed by atoms with van der Waals surface area (Å²) in [6.45, 7) is 5.44. The Morgan fingerprint density at radius 2 is 1.92 bits per heavy atom. The molecule has 1 saturated carbocycles. The van der Waals surface area contributed by atoms with Crippen molar-refractivity contribution < 1.29 is 18.0 Å². The fourth-order valence-electron chi connectivity index (χ4n) is 6.58. The highest BCUT2D eigenvalue weighted by atomic mass is 19.4.